The Labute approximate surface area is 107 Å². The summed E-state index contributed by atoms with van der Waals surface area (Å²) in [6, 6.07) is 4.25. The smallest absolute Gasteiger partial charge is 0.107 e. The quantitative estimate of drug-likeness (QED) is 0.880. The van der Waals surface area contributed by atoms with Gasteiger partial charge in [-0.2, -0.15) is 0 Å². The van der Waals surface area contributed by atoms with Crippen LogP contribution in [0.2, 0.25) is 0 Å². The van der Waals surface area contributed by atoms with Gasteiger partial charge in [-0.15, -0.1) is 11.3 Å². The molecule has 2 N–H and O–H groups in total. The molecule has 4 heteroatoms. The van der Waals surface area contributed by atoms with Crippen LogP contribution in [0.3, 0.4) is 0 Å². The first-order valence-electron chi connectivity index (χ1n) is 6.33. The van der Waals surface area contributed by atoms with E-state index in [4.69, 9.17) is 15.2 Å². The zero-order valence-electron chi connectivity index (χ0n) is 10.3. The van der Waals surface area contributed by atoms with Crippen LogP contribution in [0.4, 0.5) is 0 Å². The summed E-state index contributed by atoms with van der Waals surface area (Å²) in [5.41, 5.74) is 6.18. The largest absolute Gasteiger partial charge is 0.381 e. The van der Waals surface area contributed by atoms with Crippen molar-refractivity contribution in [3.8, 4) is 0 Å². The summed E-state index contributed by atoms with van der Waals surface area (Å²) in [6.07, 6.45) is 3.25. The first-order chi connectivity index (χ1) is 8.31. The van der Waals surface area contributed by atoms with Crippen LogP contribution < -0.4 is 5.73 Å². The number of thiophene rings is 1. The Bertz CT molecular complexity index is 309. The molecule has 0 radical (unpaired) electrons. The van der Waals surface area contributed by atoms with Gasteiger partial charge in [-0.3, -0.25) is 0 Å². The predicted octanol–water partition coefficient (Wildman–Crippen LogP) is 2.72. The maximum absolute atomic E-state index is 6.19. The summed E-state index contributed by atoms with van der Waals surface area (Å²) in [7, 11) is 0. The molecule has 0 aromatic carbocycles. The molecule has 1 fully saturated rings. The minimum Gasteiger partial charge on any atom is -0.381 e. The van der Waals surface area contributed by atoms with Crippen LogP contribution in [-0.2, 0) is 9.47 Å². The molecule has 0 amide bonds. The molecule has 17 heavy (non-hydrogen) atoms. The molecule has 0 spiro atoms. The lowest BCUT2D eigenvalue weighted by atomic mass is 10.1. The van der Waals surface area contributed by atoms with Crippen molar-refractivity contribution >= 4 is 11.3 Å². The van der Waals surface area contributed by atoms with Gasteiger partial charge in [-0.05, 0) is 30.7 Å². The number of hydrogen-bond donors (Lipinski definition) is 1. The van der Waals surface area contributed by atoms with E-state index in [9.17, 15) is 0 Å². The predicted molar refractivity (Wildman–Crippen MR) is 70.3 cm³/mol. The molecule has 0 aliphatic carbocycles. The highest BCUT2D eigenvalue weighted by atomic mass is 32.1. The molecule has 1 aliphatic heterocycles. The van der Waals surface area contributed by atoms with Gasteiger partial charge in [0.15, 0.2) is 0 Å². The standard InChI is InChI=1S/C13H21NO2S/c1-2-11(14)13(12-4-3-9-17-12)16-10-5-7-15-8-6-10/h3-4,9-11,13H,2,5-8,14H2,1H3. The van der Waals surface area contributed by atoms with Gasteiger partial charge in [0.05, 0.1) is 6.10 Å². The second-order valence-corrected chi connectivity index (χ2v) is 5.44. The minimum absolute atomic E-state index is 0.0445. The average molecular weight is 255 g/mol. The van der Waals surface area contributed by atoms with Crippen LogP contribution >= 0.6 is 11.3 Å². The zero-order valence-corrected chi connectivity index (χ0v) is 11.1. The summed E-state index contributed by atoms with van der Waals surface area (Å²) in [4.78, 5) is 1.24. The van der Waals surface area contributed by atoms with Crippen molar-refractivity contribution in [2.24, 2.45) is 5.73 Å². The van der Waals surface area contributed by atoms with Crippen LogP contribution in [0.25, 0.3) is 0 Å². The van der Waals surface area contributed by atoms with Crippen LogP contribution in [0.5, 0.6) is 0 Å². The molecule has 1 saturated heterocycles. The lowest BCUT2D eigenvalue weighted by molar-refractivity contribution is -0.0766. The second kappa shape index (κ2) is 6.50. The van der Waals surface area contributed by atoms with Crippen molar-refractivity contribution in [2.75, 3.05) is 13.2 Å². The Morgan fingerprint density at radius 3 is 2.88 bits per heavy atom. The molecule has 1 aliphatic rings. The fourth-order valence-corrected chi connectivity index (χ4v) is 2.90. The van der Waals surface area contributed by atoms with Crippen molar-refractivity contribution in [2.45, 2.75) is 44.4 Å². The number of rotatable bonds is 5. The fourth-order valence-electron chi connectivity index (χ4n) is 2.07. The SMILES string of the molecule is CCC(N)C(OC1CCOCC1)c1cccs1. The van der Waals surface area contributed by atoms with E-state index in [1.807, 2.05) is 0 Å². The van der Waals surface area contributed by atoms with Gasteiger partial charge in [0.25, 0.3) is 0 Å². The highest BCUT2D eigenvalue weighted by molar-refractivity contribution is 7.10. The molecular formula is C13H21NO2S. The molecule has 0 saturated carbocycles. The number of ether oxygens (including phenoxy) is 2. The second-order valence-electron chi connectivity index (χ2n) is 4.46. The zero-order chi connectivity index (χ0) is 12.1. The maximum Gasteiger partial charge on any atom is 0.107 e. The Balaban J connectivity index is 2.00. The van der Waals surface area contributed by atoms with E-state index in [2.05, 4.69) is 24.4 Å². The molecule has 2 rings (SSSR count). The molecular weight excluding hydrogens is 234 g/mol. The van der Waals surface area contributed by atoms with Crippen molar-refractivity contribution in [1.82, 2.24) is 0 Å². The Morgan fingerprint density at radius 1 is 1.53 bits per heavy atom. The molecule has 1 aromatic rings. The molecule has 0 bridgehead atoms. The lowest BCUT2D eigenvalue weighted by Crippen LogP contribution is -2.34. The third kappa shape index (κ3) is 3.52. The lowest BCUT2D eigenvalue weighted by Gasteiger charge is -2.30. The summed E-state index contributed by atoms with van der Waals surface area (Å²) in [5, 5.41) is 2.08. The van der Waals surface area contributed by atoms with Crippen LogP contribution in [-0.4, -0.2) is 25.4 Å². The van der Waals surface area contributed by atoms with Crippen molar-refractivity contribution in [1.29, 1.82) is 0 Å². The highest BCUT2D eigenvalue weighted by Gasteiger charge is 2.25. The van der Waals surface area contributed by atoms with Gasteiger partial charge in [0.1, 0.15) is 6.10 Å². The van der Waals surface area contributed by atoms with E-state index < -0.39 is 0 Å². The Kier molecular flexibility index (Phi) is 4.98. The molecule has 2 unspecified atom stereocenters. The Hall–Kier alpha value is -0.420. The van der Waals surface area contributed by atoms with Gasteiger partial charge in [-0.25, -0.2) is 0 Å². The van der Waals surface area contributed by atoms with E-state index in [1.165, 1.54) is 4.88 Å². The summed E-state index contributed by atoms with van der Waals surface area (Å²) in [5.74, 6) is 0. The van der Waals surface area contributed by atoms with Crippen molar-refractivity contribution in [3.05, 3.63) is 22.4 Å². The van der Waals surface area contributed by atoms with E-state index in [0.29, 0.717) is 6.10 Å². The van der Waals surface area contributed by atoms with Crippen LogP contribution in [0.1, 0.15) is 37.2 Å². The fraction of sp³-hybridized carbons (Fsp3) is 0.692. The van der Waals surface area contributed by atoms with E-state index >= 15 is 0 Å². The topological polar surface area (TPSA) is 44.5 Å². The van der Waals surface area contributed by atoms with E-state index in [0.717, 1.165) is 32.5 Å². The highest BCUT2D eigenvalue weighted by Crippen LogP contribution is 2.29. The van der Waals surface area contributed by atoms with Crippen LogP contribution in [0.15, 0.2) is 17.5 Å². The molecule has 96 valence electrons. The average Bonchev–Trinajstić information content (AvgIpc) is 2.90. The van der Waals surface area contributed by atoms with Gasteiger partial charge in [0.2, 0.25) is 0 Å². The summed E-state index contributed by atoms with van der Waals surface area (Å²) in [6.45, 7) is 3.73. The normalized spacial score (nSPS) is 21.3. The van der Waals surface area contributed by atoms with Crippen LogP contribution in [0, 0.1) is 0 Å². The number of hydrogen-bond acceptors (Lipinski definition) is 4. The number of nitrogens with two attached hydrogens (primary N) is 1. The monoisotopic (exact) mass is 255 g/mol. The van der Waals surface area contributed by atoms with Gasteiger partial charge in [-0.1, -0.05) is 13.0 Å². The first kappa shape index (κ1) is 13.0. The van der Waals surface area contributed by atoms with E-state index in [1.54, 1.807) is 11.3 Å². The van der Waals surface area contributed by atoms with Crippen molar-refractivity contribution < 1.29 is 9.47 Å². The van der Waals surface area contributed by atoms with Gasteiger partial charge >= 0.3 is 0 Å². The maximum atomic E-state index is 6.19. The molecule has 2 atom stereocenters. The molecule has 3 nitrogen and oxygen atoms in total. The first-order valence-corrected chi connectivity index (χ1v) is 7.21. The summed E-state index contributed by atoms with van der Waals surface area (Å²) >= 11 is 1.73. The minimum atomic E-state index is 0.0445. The van der Waals surface area contributed by atoms with Crippen molar-refractivity contribution in [3.63, 3.8) is 0 Å². The third-order valence-corrected chi connectivity index (χ3v) is 4.13. The third-order valence-electron chi connectivity index (χ3n) is 3.19. The summed E-state index contributed by atoms with van der Waals surface area (Å²) < 4.78 is 11.5. The van der Waals surface area contributed by atoms with E-state index in [-0.39, 0.29) is 12.1 Å². The Morgan fingerprint density at radius 2 is 2.29 bits per heavy atom. The molecule has 1 aromatic heterocycles. The molecule has 2 heterocycles. The van der Waals surface area contributed by atoms with Gasteiger partial charge in [0, 0.05) is 24.1 Å². The van der Waals surface area contributed by atoms with Gasteiger partial charge < -0.3 is 15.2 Å².